The van der Waals surface area contributed by atoms with Gasteiger partial charge in [0, 0.05) is 24.7 Å². The molecule has 3 aromatic rings. The van der Waals surface area contributed by atoms with Crippen molar-refractivity contribution in [2.24, 2.45) is 11.5 Å². The third-order valence-corrected chi connectivity index (χ3v) is 6.20. The Balaban J connectivity index is 1.99. The first-order chi connectivity index (χ1) is 17.4. The average Bonchev–Trinajstić information content (AvgIpc) is 2.89. The lowest BCUT2D eigenvalue weighted by atomic mass is 10.0. The van der Waals surface area contributed by atoms with E-state index >= 15 is 4.39 Å². The third-order valence-electron chi connectivity index (χ3n) is 6.20. The number of hydrogen-bond acceptors (Lipinski definition) is 6. The van der Waals surface area contributed by atoms with E-state index in [2.05, 4.69) is 0 Å². The summed E-state index contributed by atoms with van der Waals surface area (Å²) in [5.74, 6) is 0.474. The van der Waals surface area contributed by atoms with Gasteiger partial charge in [0.2, 0.25) is 0 Å². The second-order valence-electron chi connectivity index (χ2n) is 8.87. The van der Waals surface area contributed by atoms with Crippen LogP contribution in [0.2, 0.25) is 0 Å². The van der Waals surface area contributed by atoms with E-state index in [1.165, 1.54) is 6.07 Å². The number of ether oxygens (including phenoxy) is 2. The van der Waals surface area contributed by atoms with Crippen molar-refractivity contribution < 1.29 is 18.7 Å². The van der Waals surface area contributed by atoms with Crippen LogP contribution in [0.3, 0.4) is 0 Å². The quantitative estimate of drug-likeness (QED) is 0.319. The molecule has 0 fully saturated rings. The molecule has 0 spiro atoms. The van der Waals surface area contributed by atoms with Crippen LogP contribution in [-0.4, -0.2) is 36.7 Å². The van der Waals surface area contributed by atoms with E-state index in [1.54, 1.807) is 43.6 Å². The van der Waals surface area contributed by atoms with Crippen LogP contribution in [0.4, 0.5) is 4.39 Å². The van der Waals surface area contributed by atoms with Crippen LogP contribution < -0.4 is 26.4 Å². The summed E-state index contributed by atoms with van der Waals surface area (Å²) in [5, 5.41) is -0.0262. The van der Waals surface area contributed by atoms with E-state index < -0.39 is 17.3 Å². The van der Waals surface area contributed by atoms with Crippen LogP contribution in [-0.2, 0) is 11.3 Å². The molecule has 3 rings (SSSR count). The van der Waals surface area contributed by atoms with Gasteiger partial charge in [-0.2, -0.15) is 0 Å². The van der Waals surface area contributed by atoms with Crippen LogP contribution in [0.5, 0.6) is 11.5 Å². The Bertz CT molecular complexity index is 1220. The Morgan fingerprint density at radius 2 is 1.86 bits per heavy atom. The van der Waals surface area contributed by atoms with E-state index in [9.17, 15) is 9.59 Å². The Labute approximate surface area is 211 Å². The third kappa shape index (κ3) is 6.50. The number of hydrogen-bond donors (Lipinski definition) is 2. The number of carbonyl (C=O) groups is 1. The molecular weight excluding hydrogens is 461 g/mol. The summed E-state index contributed by atoms with van der Waals surface area (Å²) in [6.07, 6.45) is 5.53. The van der Waals surface area contributed by atoms with E-state index in [1.807, 2.05) is 11.5 Å². The molecule has 36 heavy (non-hydrogen) atoms. The highest BCUT2D eigenvalue weighted by Crippen LogP contribution is 2.30. The topological polar surface area (TPSA) is 110 Å². The molecular formula is C28H36FN3O4. The number of nitrogens with zero attached hydrogens (tertiary/aromatic N) is 1. The fourth-order valence-electron chi connectivity index (χ4n) is 4.22. The standard InChI is InChI=1S/C28H36FN3O4/c1-3-17-36-25-14-13-22(29)26-27(25)32(16-6-8-24(33)23(31)7-4-5-15-30)18-21(28(26)34)19-9-11-20(35-2)12-10-19/h9-14,18,23H,3-8,15-17,30-31H2,1-2H3/t23-/m0/s1. The number of fused-ring (bicyclic) bond motifs is 1. The number of rotatable bonds is 14. The summed E-state index contributed by atoms with van der Waals surface area (Å²) < 4.78 is 28.0. The molecule has 1 aromatic heterocycles. The maximum absolute atomic E-state index is 15.1. The molecule has 1 atom stereocenters. The lowest BCUT2D eigenvalue weighted by Crippen LogP contribution is -2.30. The highest BCUT2D eigenvalue weighted by atomic mass is 19.1. The highest BCUT2D eigenvalue weighted by Gasteiger charge is 2.19. The number of aromatic nitrogens is 1. The molecule has 0 radical (unpaired) electrons. The molecule has 2 aromatic carbocycles. The fraction of sp³-hybridized carbons (Fsp3) is 0.429. The van der Waals surface area contributed by atoms with Crippen LogP contribution in [0, 0.1) is 5.82 Å². The average molecular weight is 498 g/mol. The Hall–Kier alpha value is -3.23. The molecule has 0 aliphatic heterocycles. The van der Waals surface area contributed by atoms with E-state index in [-0.39, 0.29) is 17.6 Å². The van der Waals surface area contributed by atoms with Gasteiger partial charge in [-0.25, -0.2) is 4.39 Å². The molecule has 194 valence electrons. The van der Waals surface area contributed by atoms with Crippen molar-refractivity contribution in [2.75, 3.05) is 20.3 Å². The summed E-state index contributed by atoms with van der Waals surface area (Å²) in [7, 11) is 1.57. The van der Waals surface area contributed by atoms with Gasteiger partial charge in [-0.1, -0.05) is 25.5 Å². The van der Waals surface area contributed by atoms with E-state index in [4.69, 9.17) is 20.9 Å². The lowest BCUT2D eigenvalue weighted by Gasteiger charge is -2.18. The monoisotopic (exact) mass is 497 g/mol. The number of carbonyl (C=O) groups excluding carboxylic acids is 1. The first-order valence-corrected chi connectivity index (χ1v) is 12.5. The van der Waals surface area contributed by atoms with Gasteiger partial charge in [0.15, 0.2) is 5.43 Å². The van der Waals surface area contributed by atoms with Crippen LogP contribution in [0.1, 0.15) is 45.4 Å². The molecule has 7 nitrogen and oxygen atoms in total. The summed E-state index contributed by atoms with van der Waals surface area (Å²) in [4.78, 5) is 26.0. The molecule has 0 unspecified atom stereocenters. The molecule has 0 saturated carbocycles. The van der Waals surface area contributed by atoms with E-state index in [0.717, 1.165) is 19.3 Å². The molecule has 0 aliphatic carbocycles. The van der Waals surface area contributed by atoms with Gasteiger partial charge in [-0.15, -0.1) is 0 Å². The van der Waals surface area contributed by atoms with Gasteiger partial charge in [0.1, 0.15) is 23.1 Å². The predicted octanol–water partition coefficient (Wildman–Crippen LogP) is 4.41. The lowest BCUT2D eigenvalue weighted by molar-refractivity contribution is -0.120. The molecule has 0 aliphatic rings. The smallest absolute Gasteiger partial charge is 0.200 e. The number of ketones is 1. The number of methoxy groups -OCH3 is 1. The predicted molar refractivity (Wildman–Crippen MR) is 141 cm³/mol. The number of aryl methyl sites for hydroxylation is 1. The summed E-state index contributed by atoms with van der Waals surface area (Å²) in [6, 6.07) is 9.35. The Kier molecular flexibility index (Phi) is 10.0. The number of nitrogens with two attached hydrogens (primary N) is 2. The van der Waals surface area contributed by atoms with Gasteiger partial charge in [-0.3, -0.25) is 9.59 Å². The number of pyridine rings is 1. The summed E-state index contributed by atoms with van der Waals surface area (Å²) >= 11 is 0. The fourth-order valence-corrected chi connectivity index (χ4v) is 4.22. The zero-order chi connectivity index (χ0) is 26.1. The van der Waals surface area contributed by atoms with Crippen LogP contribution in [0.15, 0.2) is 47.4 Å². The highest BCUT2D eigenvalue weighted by molar-refractivity contribution is 5.89. The second-order valence-corrected chi connectivity index (χ2v) is 8.87. The normalized spacial score (nSPS) is 12.0. The van der Waals surface area contributed by atoms with Crippen molar-refractivity contribution in [3.05, 3.63) is 58.6 Å². The molecule has 8 heteroatoms. The summed E-state index contributed by atoms with van der Waals surface area (Å²) in [5.41, 5.74) is 12.6. The largest absolute Gasteiger partial charge is 0.497 e. The van der Waals surface area contributed by atoms with Crippen molar-refractivity contribution in [3.8, 4) is 22.6 Å². The van der Waals surface area contributed by atoms with Crippen LogP contribution >= 0.6 is 0 Å². The Morgan fingerprint density at radius 3 is 2.53 bits per heavy atom. The molecule has 0 amide bonds. The maximum atomic E-state index is 15.1. The summed E-state index contributed by atoms with van der Waals surface area (Å²) in [6.45, 7) is 3.39. The maximum Gasteiger partial charge on any atom is 0.200 e. The Morgan fingerprint density at radius 1 is 1.11 bits per heavy atom. The van der Waals surface area contributed by atoms with Crippen molar-refractivity contribution >= 4 is 16.7 Å². The van der Waals surface area contributed by atoms with Gasteiger partial charge in [0.25, 0.3) is 0 Å². The van der Waals surface area contributed by atoms with Gasteiger partial charge in [-0.05, 0) is 62.1 Å². The van der Waals surface area contributed by atoms with Gasteiger partial charge >= 0.3 is 0 Å². The zero-order valence-corrected chi connectivity index (χ0v) is 21.1. The zero-order valence-electron chi connectivity index (χ0n) is 21.1. The minimum Gasteiger partial charge on any atom is -0.497 e. The first-order valence-electron chi connectivity index (χ1n) is 12.5. The minimum absolute atomic E-state index is 0.0126. The SMILES string of the molecule is CCCOc1ccc(F)c2c(=O)c(-c3ccc(OC)cc3)cn(CCCC(=O)[C@@H](N)CCCCN)c12. The van der Waals surface area contributed by atoms with Crippen molar-refractivity contribution in [2.45, 2.75) is 58.0 Å². The van der Waals surface area contributed by atoms with Gasteiger partial charge < -0.3 is 25.5 Å². The molecule has 0 bridgehead atoms. The van der Waals surface area contributed by atoms with E-state index in [0.29, 0.717) is 60.7 Å². The van der Waals surface area contributed by atoms with Crippen LogP contribution in [0.25, 0.3) is 22.0 Å². The molecule has 4 N–H and O–H groups in total. The van der Waals surface area contributed by atoms with Crippen molar-refractivity contribution in [1.82, 2.24) is 4.57 Å². The van der Waals surface area contributed by atoms with Crippen molar-refractivity contribution in [3.63, 3.8) is 0 Å². The first kappa shape index (κ1) is 27.4. The number of Topliss-reactive ketones (excluding diaryl/α,β-unsaturated/α-hetero) is 1. The molecule has 1 heterocycles. The molecule has 0 saturated heterocycles. The van der Waals surface area contributed by atoms with Crippen molar-refractivity contribution in [1.29, 1.82) is 0 Å². The minimum atomic E-state index is -0.610. The second kappa shape index (κ2) is 13.2. The van der Waals surface area contributed by atoms with Gasteiger partial charge in [0.05, 0.1) is 30.7 Å². The number of benzene rings is 2. The number of halogens is 1. The number of unbranched alkanes of at least 4 members (excludes halogenated alkanes) is 1.